The van der Waals surface area contributed by atoms with Gasteiger partial charge in [0.05, 0.1) is 5.56 Å². The summed E-state index contributed by atoms with van der Waals surface area (Å²) in [6, 6.07) is 6.34. The average molecular weight is 305 g/mol. The fourth-order valence-electron chi connectivity index (χ4n) is 2.17. The fourth-order valence-corrected chi connectivity index (χ4v) is 3.32. The topological polar surface area (TPSA) is 50.9 Å². The first kappa shape index (κ1) is 14.9. The molecule has 0 radical (unpaired) electrons. The molecule has 2 aromatic heterocycles. The summed E-state index contributed by atoms with van der Waals surface area (Å²) in [7, 11) is 0. The zero-order valence-electron chi connectivity index (χ0n) is 12.0. The second kappa shape index (κ2) is 6.33. The highest BCUT2D eigenvalue weighted by atomic mass is 32.1. The molecule has 2 heterocycles. The Morgan fingerprint density at radius 1 is 1.35 bits per heavy atom. The maximum absolute atomic E-state index is 5.81. The molecular weight excluding hydrogens is 286 g/mol. The van der Waals surface area contributed by atoms with Crippen LogP contribution in [-0.4, -0.2) is 9.97 Å². The maximum atomic E-state index is 5.81. The van der Waals surface area contributed by atoms with Crippen LogP contribution in [0.25, 0.3) is 0 Å². The number of thiocarbonyl (C=S) groups is 1. The Balaban J connectivity index is 2.22. The van der Waals surface area contributed by atoms with E-state index in [4.69, 9.17) is 18.0 Å². The van der Waals surface area contributed by atoms with Crippen molar-refractivity contribution in [3.8, 4) is 0 Å². The molecule has 2 rings (SSSR count). The highest BCUT2D eigenvalue weighted by molar-refractivity contribution is 7.80. The third kappa shape index (κ3) is 3.35. The largest absolute Gasteiger partial charge is 0.389 e. The van der Waals surface area contributed by atoms with Gasteiger partial charge in [0.2, 0.25) is 0 Å². The highest BCUT2D eigenvalue weighted by Gasteiger charge is 2.11. The molecular formula is C15H19N3S2. The van der Waals surface area contributed by atoms with Crippen LogP contribution in [0.15, 0.2) is 18.2 Å². The molecule has 0 atom stereocenters. The van der Waals surface area contributed by atoms with Crippen LogP contribution in [0, 0.1) is 13.8 Å². The summed E-state index contributed by atoms with van der Waals surface area (Å²) in [5.74, 6) is 0. The number of rotatable bonds is 5. The molecule has 0 saturated carbocycles. The molecule has 0 fully saturated rings. The molecule has 106 valence electrons. The molecule has 0 saturated heterocycles. The van der Waals surface area contributed by atoms with Gasteiger partial charge in [0.25, 0.3) is 0 Å². The van der Waals surface area contributed by atoms with Gasteiger partial charge < -0.3 is 11.1 Å². The van der Waals surface area contributed by atoms with Crippen molar-refractivity contribution in [3.63, 3.8) is 0 Å². The lowest BCUT2D eigenvalue weighted by Gasteiger charge is -2.13. The van der Waals surface area contributed by atoms with Gasteiger partial charge in [-0.25, -0.2) is 0 Å². The van der Waals surface area contributed by atoms with Crippen LogP contribution in [0.4, 0.5) is 5.69 Å². The zero-order valence-corrected chi connectivity index (χ0v) is 13.6. The van der Waals surface area contributed by atoms with Crippen molar-refractivity contribution < 1.29 is 0 Å². The van der Waals surface area contributed by atoms with E-state index < -0.39 is 0 Å². The standard InChI is InChI=1S/C15H19N3S2/c1-4-11-5-6-12(20-11)8-17-13-7-9(2)18-10(3)14(13)15(16)19/h5-7H,4,8H2,1-3H3,(H2,16,19)(H,17,18). The van der Waals surface area contributed by atoms with Crippen molar-refractivity contribution in [2.24, 2.45) is 5.73 Å². The summed E-state index contributed by atoms with van der Waals surface area (Å²) >= 11 is 6.97. The van der Waals surface area contributed by atoms with Gasteiger partial charge in [0.1, 0.15) is 4.99 Å². The second-order valence-electron chi connectivity index (χ2n) is 4.71. The molecule has 0 aromatic carbocycles. The van der Waals surface area contributed by atoms with Crippen molar-refractivity contribution in [1.29, 1.82) is 0 Å². The molecule has 0 amide bonds. The van der Waals surface area contributed by atoms with Crippen LogP contribution < -0.4 is 11.1 Å². The van der Waals surface area contributed by atoms with Gasteiger partial charge in [-0.3, -0.25) is 4.98 Å². The van der Waals surface area contributed by atoms with Crippen LogP contribution in [-0.2, 0) is 13.0 Å². The van der Waals surface area contributed by atoms with E-state index in [1.807, 2.05) is 31.3 Å². The molecule has 5 heteroatoms. The second-order valence-corrected chi connectivity index (χ2v) is 6.40. The van der Waals surface area contributed by atoms with Crippen LogP contribution in [0.1, 0.15) is 33.6 Å². The van der Waals surface area contributed by atoms with Crippen molar-refractivity contribution >= 4 is 34.2 Å². The quantitative estimate of drug-likeness (QED) is 0.829. The van der Waals surface area contributed by atoms with E-state index >= 15 is 0 Å². The summed E-state index contributed by atoms with van der Waals surface area (Å²) in [5.41, 5.74) is 9.46. The predicted octanol–water partition coefficient (Wildman–Crippen LogP) is 3.57. The summed E-state index contributed by atoms with van der Waals surface area (Å²) in [4.78, 5) is 7.52. The summed E-state index contributed by atoms with van der Waals surface area (Å²) < 4.78 is 0. The van der Waals surface area contributed by atoms with Crippen molar-refractivity contribution in [2.45, 2.75) is 33.7 Å². The number of nitrogens with one attached hydrogen (secondary N) is 1. The van der Waals surface area contributed by atoms with E-state index in [-0.39, 0.29) is 0 Å². The SMILES string of the molecule is CCc1ccc(CNc2cc(C)nc(C)c2C(N)=S)s1. The number of hydrogen-bond acceptors (Lipinski definition) is 4. The number of hydrogen-bond donors (Lipinski definition) is 2. The van der Waals surface area contributed by atoms with Crippen LogP contribution >= 0.6 is 23.6 Å². The Morgan fingerprint density at radius 3 is 2.65 bits per heavy atom. The molecule has 0 unspecified atom stereocenters. The van der Waals surface area contributed by atoms with Gasteiger partial charge in [0.15, 0.2) is 0 Å². The minimum atomic E-state index is 0.387. The smallest absolute Gasteiger partial charge is 0.107 e. The average Bonchev–Trinajstić information content (AvgIpc) is 2.82. The molecule has 0 spiro atoms. The molecule has 2 aromatic rings. The Kier molecular flexibility index (Phi) is 4.73. The van der Waals surface area contributed by atoms with Gasteiger partial charge in [0, 0.05) is 33.4 Å². The monoisotopic (exact) mass is 305 g/mol. The maximum Gasteiger partial charge on any atom is 0.107 e. The number of anilines is 1. The fraction of sp³-hybridized carbons (Fsp3) is 0.333. The Labute approximate surface area is 129 Å². The van der Waals surface area contributed by atoms with E-state index in [0.29, 0.717) is 4.99 Å². The highest BCUT2D eigenvalue weighted by Crippen LogP contribution is 2.22. The van der Waals surface area contributed by atoms with E-state index in [1.54, 1.807) is 0 Å². The number of nitrogens with zero attached hydrogens (tertiary/aromatic N) is 1. The third-order valence-corrected chi connectivity index (χ3v) is 4.53. The summed E-state index contributed by atoms with van der Waals surface area (Å²) in [6.45, 7) is 6.86. The number of aryl methyl sites for hydroxylation is 3. The molecule has 0 bridgehead atoms. The molecule has 0 aliphatic carbocycles. The zero-order chi connectivity index (χ0) is 14.7. The molecule has 20 heavy (non-hydrogen) atoms. The first-order chi connectivity index (χ1) is 9.51. The lowest BCUT2D eigenvalue weighted by molar-refractivity contribution is 1.09. The molecule has 0 aliphatic heterocycles. The number of thiophene rings is 1. The van der Waals surface area contributed by atoms with Crippen molar-refractivity contribution in [3.05, 3.63) is 44.9 Å². The van der Waals surface area contributed by atoms with E-state index in [0.717, 1.165) is 35.6 Å². The van der Waals surface area contributed by atoms with Crippen molar-refractivity contribution in [2.75, 3.05) is 5.32 Å². The van der Waals surface area contributed by atoms with Gasteiger partial charge in [-0.2, -0.15) is 0 Å². The Morgan fingerprint density at radius 2 is 2.05 bits per heavy atom. The first-order valence-corrected chi connectivity index (χ1v) is 7.83. The third-order valence-electron chi connectivity index (χ3n) is 3.09. The van der Waals surface area contributed by atoms with Crippen molar-refractivity contribution in [1.82, 2.24) is 4.98 Å². The minimum Gasteiger partial charge on any atom is -0.389 e. The molecule has 3 N–H and O–H groups in total. The van der Waals surface area contributed by atoms with Crippen LogP contribution in [0.2, 0.25) is 0 Å². The molecule has 3 nitrogen and oxygen atoms in total. The lowest BCUT2D eigenvalue weighted by Crippen LogP contribution is -2.16. The molecule has 0 aliphatic rings. The normalized spacial score (nSPS) is 10.6. The van der Waals surface area contributed by atoms with Crippen LogP contribution in [0.3, 0.4) is 0 Å². The van der Waals surface area contributed by atoms with E-state index in [9.17, 15) is 0 Å². The summed E-state index contributed by atoms with van der Waals surface area (Å²) in [6.07, 6.45) is 1.08. The first-order valence-electron chi connectivity index (χ1n) is 6.60. The number of nitrogens with two attached hydrogens (primary N) is 1. The lowest BCUT2D eigenvalue weighted by atomic mass is 10.1. The van der Waals surface area contributed by atoms with Crippen LogP contribution in [0.5, 0.6) is 0 Å². The number of aromatic nitrogens is 1. The van der Waals surface area contributed by atoms with E-state index in [2.05, 4.69) is 29.4 Å². The van der Waals surface area contributed by atoms with E-state index in [1.165, 1.54) is 9.75 Å². The summed E-state index contributed by atoms with van der Waals surface area (Å²) in [5, 5.41) is 3.43. The van der Waals surface area contributed by atoms with Gasteiger partial charge in [-0.1, -0.05) is 19.1 Å². The predicted molar refractivity (Wildman–Crippen MR) is 90.6 cm³/mol. The minimum absolute atomic E-state index is 0.387. The van der Waals surface area contributed by atoms with Gasteiger partial charge in [-0.15, -0.1) is 11.3 Å². The van der Waals surface area contributed by atoms with Gasteiger partial charge in [-0.05, 0) is 38.5 Å². The van der Waals surface area contributed by atoms with Gasteiger partial charge >= 0.3 is 0 Å². The Bertz CT molecular complexity index is 632. The number of pyridine rings is 1. The Hall–Kier alpha value is -1.46.